The van der Waals surface area contributed by atoms with Gasteiger partial charge in [-0.2, -0.15) is 0 Å². The van der Waals surface area contributed by atoms with Crippen LogP contribution in [0.1, 0.15) is 26.2 Å². The maximum Gasteiger partial charge on any atom is 0.133 e. The number of anilines is 2. The van der Waals surface area contributed by atoms with Gasteiger partial charge in [0.2, 0.25) is 0 Å². The Balaban J connectivity index is 2.20. The monoisotopic (exact) mass is 381 g/mol. The number of rotatable bonds is 7. The third kappa shape index (κ3) is 3.54. The number of nitrogens with zero attached hydrogens (tertiary/aromatic N) is 2. The molecular weight excluding hydrogens is 350 g/mol. The summed E-state index contributed by atoms with van der Waals surface area (Å²) in [4.78, 5) is 4.07. The van der Waals surface area contributed by atoms with Crippen LogP contribution in [0.4, 0.5) is 11.4 Å². The first-order valence-corrected chi connectivity index (χ1v) is 9.90. The number of fused-ring (bicyclic) bond motifs is 2. The van der Waals surface area contributed by atoms with Gasteiger partial charge in [0.1, 0.15) is 11.5 Å². The zero-order valence-corrected chi connectivity index (χ0v) is 17.2. The average molecular weight is 382 g/mol. The number of phenolic OH excluding ortho intramolecular Hbond substituents is 2. The van der Waals surface area contributed by atoms with Crippen molar-refractivity contribution in [2.45, 2.75) is 32.2 Å². The van der Waals surface area contributed by atoms with E-state index in [-0.39, 0.29) is 17.5 Å². The van der Waals surface area contributed by atoms with Gasteiger partial charge >= 0.3 is 0 Å². The highest BCUT2D eigenvalue weighted by molar-refractivity contribution is 6.18. The van der Waals surface area contributed by atoms with Crippen molar-refractivity contribution in [3.8, 4) is 11.5 Å². The lowest BCUT2D eigenvalue weighted by molar-refractivity contribution is 0.478. The molecular formula is C23H31N3O2. The van der Waals surface area contributed by atoms with Crippen LogP contribution < -0.4 is 15.5 Å². The largest absolute Gasteiger partial charge is 0.507 e. The lowest BCUT2D eigenvalue weighted by Crippen LogP contribution is -2.28. The van der Waals surface area contributed by atoms with Gasteiger partial charge in [0.25, 0.3) is 0 Å². The molecule has 0 aliphatic carbocycles. The van der Waals surface area contributed by atoms with Gasteiger partial charge in [-0.25, -0.2) is 0 Å². The minimum absolute atomic E-state index is 0.169. The van der Waals surface area contributed by atoms with Gasteiger partial charge in [0.05, 0.1) is 10.8 Å². The van der Waals surface area contributed by atoms with Crippen molar-refractivity contribution in [1.29, 1.82) is 0 Å². The van der Waals surface area contributed by atoms with Gasteiger partial charge in [-0.15, -0.1) is 0 Å². The predicted molar refractivity (Wildman–Crippen MR) is 120 cm³/mol. The van der Waals surface area contributed by atoms with Crippen molar-refractivity contribution in [1.82, 2.24) is 0 Å². The summed E-state index contributed by atoms with van der Waals surface area (Å²) in [5.74, 6) is 0.400. The van der Waals surface area contributed by atoms with Gasteiger partial charge in [0, 0.05) is 55.9 Å². The summed E-state index contributed by atoms with van der Waals surface area (Å²) in [6.45, 7) is 2.92. The standard InChI is InChI=1S/C23H31N3O2/c1-5-8-15(24)13-14-26(4)19-12-11-18(25(2)3)20-21(19)23(28)17-10-7-6-9-16(17)22(20)27/h6-7,9-12,15,27-28H,5,8,13-14,24H2,1-4H3. The number of benzene rings is 3. The van der Waals surface area contributed by atoms with E-state index in [1.807, 2.05) is 62.4 Å². The van der Waals surface area contributed by atoms with E-state index in [0.29, 0.717) is 21.5 Å². The van der Waals surface area contributed by atoms with Crippen molar-refractivity contribution in [3.05, 3.63) is 36.4 Å². The highest BCUT2D eigenvalue weighted by atomic mass is 16.3. The van der Waals surface area contributed by atoms with E-state index in [1.54, 1.807) is 0 Å². The fraction of sp³-hybridized carbons (Fsp3) is 0.391. The summed E-state index contributed by atoms with van der Waals surface area (Å²) >= 11 is 0. The number of nitrogens with two attached hydrogens (primary N) is 1. The third-order valence-corrected chi connectivity index (χ3v) is 5.46. The molecule has 0 fully saturated rings. The first-order valence-electron chi connectivity index (χ1n) is 9.90. The lowest BCUT2D eigenvalue weighted by atomic mass is 9.97. The van der Waals surface area contributed by atoms with E-state index >= 15 is 0 Å². The quantitative estimate of drug-likeness (QED) is 0.417. The molecule has 0 heterocycles. The molecule has 28 heavy (non-hydrogen) atoms. The summed E-state index contributed by atoms with van der Waals surface area (Å²) in [5.41, 5.74) is 7.95. The molecule has 3 aromatic rings. The molecule has 0 aliphatic rings. The highest BCUT2D eigenvalue weighted by Gasteiger charge is 2.21. The Kier molecular flexibility index (Phi) is 5.84. The number of aromatic hydroxyl groups is 2. The average Bonchev–Trinajstić information content (AvgIpc) is 2.69. The molecule has 0 saturated heterocycles. The fourth-order valence-electron chi connectivity index (χ4n) is 3.91. The van der Waals surface area contributed by atoms with Gasteiger partial charge in [-0.3, -0.25) is 0 Å². The van der Waals surface area contributed by atoms with Crippen LogP contribution in [0.3, 0.4) is 0 Å². The topological polar surface area (TPSA) is 73.0 Å². The van der Waals surface area contributed by atoms with Crippen molar-refractivity contribution in [3.63, 3.8) is 0 Å². The van der Waals surface area contributed by atoms with E-state index in [1.165, 1.54) is 0 Å². The molecule has 0 amide bonds. The van der Waals surface area contributed by atoms with Crippen LogP contribution in [-0.4, -0.2) is 43.9 Å². The molecule has 0 aliphatic heterocycles. The second-order valence-corrected chi connectivity index (χ2v) is 7.75. The predicted octanol–water partition coefficient (Wildman–Crippen LogP) is 4.42. The maximum atomic E-state index is 11.2. The van der Waals surface area contributed by atoms with E-state index in [0.717, 1.165) is 37.2 Å². The summed E-state index contributed by atoms with van der Waals surface area (Å²) in [6.07, 6.45) is 2.96. The maximum absolute atomic E-state index is 11.2. The summed E-state index contributed by atoms with van der Waals surface area (Å²) in [7, 11) is 5.88. The van der Waals surface area contributed by atoms with Crippen LogP contribution >= 0.6 is 0 Å². The lowest BCUT2D eigenvalue weighted by Gasteiger charge is -2.26. The van der Waals surface area contributed by atoms with Crippen LogP contribution in [-0.2, 0) is 0 Å². The molecule has 1 atom stereocenters. The van der Waals surface area contributed by atoms with Crippen LogP contribution in [0.5, 0.6) is 11.5 Å². The Hall–Kier alpha value is -2.66. The minimum Gasteiger partial charge on any atom is -0.507 e. The Morgan fingerprint density at radius 2 is 1.39 bits per heavy atom. The fourth-order valence-corrected chi connectivity index (χ4v) is 3.91. The first kappa shape index (κ1) is 20.1. The number of hydrogen-bond donors (Lipinski definition) is 3. The number of phenols is 2. The molecule has 5 heteroatoms. The normalized spacial score (nSPS) is 12.5. The van der Waals surface area contributed by atoms with E-state index in [9.17, 15) is 10.2 Å². The van der Waals surface area contributed by atoms with E-state index < -0.39 is 0 Å². The molecule has 0 aromatic heterocycles. The molecule has 0 spiro atoms. The Morgan fingerprint density at radius 1 is 0.857 bits per heavy atom. The van der Waals surface area contributed by atoms with Crippen LogP contribution in [0.25, 0.3) is 21.5 Å². The highest BCUT2D eigenvalue weighted by Crippen LogP contribution is 2.48. The second kappa shape index (κ2) is 8.15. The minimum atomic E-state index is 0.169. The summed E-state index contributed by atoms with van der Waals surface area (Å²) in [6, 6.07) is 11.6. The molecule has 3 rings (SSSR count). The molecule has 0 radical (unpaired) electrons. The molecule has 150 valence electrons. The molecule has 5 nitrogen and oxygen atoms in total. The molecule has 4 N–H and O–H groups in total. The number of hydrogen-bond acceptors (Lipinski definition) is 5. The summed E-state index contributed by atoms with van der Waals surface area (Å²) < 4.78 is 0. The summed E-state index contributed by atoms with van der Waals surface area (Å²) in [5, 5.41) is 24.9. The van der Waals surface area contributed by atoms with E-state index in [2.05, 4.69) is 11.8 Å². The van der Waals surface area contributed by atoms with Crippen molar-refractivity contribution < 1.29 is 10.2 Å². The zero-order chi connectivity index (χ0) is 20.4. The Bertz CT molecular complexity index is 985. The smallest absolute Gasteiger partial charge is 0.133 e. The SMILES string of the molecule is CCCC(N)CCN(C)c1ccc(N(C)C)c2c(O)c3ccccc3c(O)c12. The van der Waals surface area contributed by atoms with E-state index in [4.69, 9.17) is 5.73 Å². The zero-order valence-electron chi connectivity index (χ0n) is 17.2. The van der Waals surface area contributed by atoms with Gasteiger partial charge in [0.15, 0.2) is 0 Å². The van der Waals surface area contributed by atoms with Gasteiger partial charge < -0.3 is 25.7 Å². The molecule has 0 saturated carbocycles. The van der Waals surface area contributed by atoms with Crippen LogP contribution in [0.15, 0.2) is 36.4 Å². The Morgan fingerprint density at radius 3 is 1.93 bits per heavy atom. The molecule has 1 unspecified atom stereocenters. The molecule has 3 aromatic carbocycles. The van der Waals surface area contributed by atoms with Crippen molar-refractivity contribution in [2.75, 3.05) is 37.5 Å². The van der Waals surface area contributed by atoms with Crippen LogP contribution in [0, 0.1) is 0 Å². The van der Waals surface area contributed by atoms with Gasteiger partial charge in [-0.05, 0) is 25.0 Å². The second-order valence-electron chi connectivity index (χ2n) is 7.75. The van der Waals surface area contributed by atoms with Crippen molar-refractivity contribution in [2.24, 2.45) is 5.73 Å². The van der Waals surface area contributed by atoms with Crippen molar-refractivity contribution >= 4 is 32.9 Å². The molecule has 0 bridgehead atoms. The van der Waals surface area contributed by atoms with Crippen LogP contribution in [0.2, 0.25) is 0 Å². The Labute approximate surface area is 167 Å². The van der Waals surface area contributed by atoms with Gasteiger partial charge in [-0.1, -0.05) is 37.6 Å². The first-order chi connectivity index (χ1) is 13.4. The third-order valence-electron chi connectivity index (χ3n) is 5.46.